The second-order valence-electron chi connectivity index (χ2n) is 4.44. The van der Waals surface area contributed by atoms with Crippen LogP contribution in [0.25, 0.3) is 0 Å². The summed E-state index contributed by atoms with van der Waals surface area (Å²) in [4.78, 5) is 0. The number of nitrogens with one attached hydrogen (secondary N) is 1. The van der Waals surface area contributed by atoms with Crippen molar-refractivity contribution in [1.82, 2.24) is 15.1 Å². The SMILES string of the molecule is CCn1ncc(Br)c1C(NC)c1cc(C)ccc1Br. The molecule has 19 heavy (non-hydrogen) atoms. The monoisotopic (exact) mass is 385 g/mol. The van der Waals surface area contributed by atoms with Crippen LogP contribution in [-0.4, -0.2) is 16.8 Å². The van der Waals surface area contributed by atoms with Gasteiger partial charge in [-0.3, -0.25) is 4.68 Å². The molecule has 0 fully saturated rings. The van der Waals surface area contributed by atoms with Gasteiger partial charge in [0.1, 0.15) is 0 Å². The zero-order valence-electron chi connectivity index (χ0n) is 11.2. The number of aryl methyl sites for hydroxylation is 2. The predicted octanol–water partition coefficient (Wildman–Crippen LogP) is 4.05. The van der Waals surface area contributed by atoms with Crippen LogP contribution in [0.2, 0.25) is 0 Å². The lowest BCUT2D eigenvalue weighted by Crippen LogP contribution is -2.22. The summed E-state index contributed by atoms with van der Waals surface area (Å²) in [7, 11) is 1.97. The van der Waals surface area contributed by atoms with E-state index in [1.807, 2.05) is 17.9 Å². The van der Waals surface area contributed by atoms with Crippen molar-refractivity contribution in [3.63, 3.8) is 0 Å². The van der Waals surface area contributed by atoms with Crippen LogP contribution in [0.4, 0.5) is 0 Å². The highest BCUT2D eigenvalue weighted by Crippen LogP contribution is 2.33. The molecule has 5 heteroatoms. The Kier molecular flexibility index (Phi) is 4.81. The quantitative estimate of drug-likeness (QED) is 0.858. The second-order valence-corrected chi connectivity index (χ2v) is 6.15. The molecule has 1 atom stereocenters. The minimum atomic E-state index is 0.103. The fraction of sp³-hybridized carbons (Fsp3) is 0.357. The fourth-order valence-corrected chi connectivity index (χ4v) is 3.24. The number of benzene rings is 1. The summed E-state index contributed by atoms with van der Waals surface area (Å²) in [5.74, 6) is 0. The first-order chi connectivity index (χ1) is 9.08. The van der Waals surface area contributed by atoms with Gasteiger partial charge < -0.3 is 5.32 Å². The van der Waals surface area contributed by atoms with Gasteiger partial charge in [-0.05, 0) is 48.5 Å². The summed E-state index contributed by atoms with van der Waals surface area (Å²) < 4.78 is 4.15. The van der Waals surface area contributed by atoms with Gasteiger partial charge in [-0.1, -0.05) is 33.6 Å². The number of hydrogen-bond acceptors (Lipinski definition) is 2. The lowest BCUT2D eigenvalue weighted by molar-refractivity contribution is 0.560. The Hall–Kier alpha value is -0.650. The smallest absolute Gasteiger partial charge is 0.0768 e. The standard InChI is InChI=1S/C14H17Br2N3/c1-4-19-14(12(16)8-18-19)13(17-3)10-7-9(2)5-6-11(10)15/h5-8,13,17H,4H2,1-3H3. The van der Waals surface area contributed by atoms with Crippen molar-refractivity contribution in [3.8, 4) is 0 Å². The molecular weight excluding hydrogens is 370 g/mol. The maximum atomic E-state index is 4.40. The third kappa shape index (κ3) is 2.93. The van der Waals surface area contributed by atoms with E-state index in [0.29, 0.717) is 0 Å². The van der Waals surface area contributed by atoms with E-state index in [9.17, 15) is 0 Å². The van der Waals surface area contributed by atoms with E-state index in [1.54, 1.807) is 0 Å². The van der Waals surface area contributed by atoms with E-state index >= 15 is 0 Å². The van der Waals surface area contributed by atoms with Crippen molar-refractivity contribution in [1.29, 1.82) is 0 Å². The molecule has 0 radical (unpaired) electrons. The van der Waals surface area contributed by atoms with Crippen LogP contribution in [-0.2, 0) is 6.54 Å². The lowest BCUT2D eigenvalue weighted by Gasteiger charge is -2.20. The van der Waals surface area contributed by atoms with Crippen molar-refractivity contribution in [3.05, 3.63) is 50.2 Å². The fourth-order valence-electron chi connectivity index (χ4n) is 2.23. The molecule has 1 unspecified atom stereocenters. The van der Waals surface area contributed by atoms with Crippen LogP contribution in [0, 0.1) is 6.92 Å². The molecule has 0 amide bonds. The van der Waals surface area contributed by atoms with Crippen LogP contribution >= 0.6 is 31.9 Å². The molecule has 1 aromatic carbocycles. The summed E-state index contributed by atoms with van der Waals surface area (Å²) in [5.41, 5.74) is 3.62. The zero-order chi connectivity index (χ0) is 14.0. The molecule has 0 spiro atoms. The molecule has 0 bridgehead atoms. The summed E-state index contributed by atoms with van der Waals surface area (Å²) in [6, 6.07) is 6.50. The van der Waals surface area contributed by atoms with E-state index in [4.69, 9.17) is 0 Å². The van der Waals surface area contributed by atoms with Crippen LogP contribution in [0.3, 0.4) is 0 Å². The van der Waals surface area contributed by atoms with Crippen molar-refractivity contribution >= 4 is 31.9 Å². The molecule has 1 heterocycles. The summed E-state index contributed by atoms with van der Waals surface area (Å²) in [6.45, 7) is 5.05. The minimum absolute atomic E-state index is 0.103. The molecule has 1 N–H and O–H groups in total. The number of halogens is 2. The lowest BCUT2D eigenvalue weighted by atomic mass is 10.0. The topological polar surface area (TPSA) is 29.9 Å². The maximum absolute atomic E-state index is 4.40. The highest BCUT2D eigenvalue weighted by atomic mass is 79.9. The van der Waals surface area contributed by atoms with Gasteiger partial charge in [0.05, 0.1) is 22.4 Å². The number of nitrogens with zero attached hydrogens (tertiary/aromatic N) is 2. The third-order valence-electron chi connectivity index (χ3n) is 3.16. The molecule has 2 aromatic rings. The Bertz CT molecular complexity index is 578. The summed E-state index contributed by atoms with van der Waals surface area (Å²) >= 11 is 7.24. The van der Waals surface area contributed by atoms with Gasteiger partial charge in [-0.15, -0.1) is 0 Å². The van der Waals surface area contributed by atoms with Crippen molar-refractivity contribution in [2.75, 3.05) is 7.05 Å². The Morgan fingerprint density at radius 1 is 1.32 bits per heavy atom. The Labute approximate surface area is 130 Å². The number of hydrogen-bond donors (Lipinski definition) is 1. The molecule has 2 rings (SSSR count). The number of aromatic nitrogens is 2. The highest BCUT2D eigenvalue weighted by molar-refractivity contribution is 9.10. The van der Waals surface area contributed by atoms with Gasteiger partial charge in [-0.25, -0.2) is 0 Å². The average Bonchev–Trinajstić information content (AvgIpc) is 2.76. The summed E-state index contributed by atoms with van der Waals surface area (Å²) in [5, 5.41) is 7.78. The van der Waals surface area contributed by atoms with Crippen LogP contribution in [0.15, 0.2) is 33.3 Å². The molecule has 0 aliphatic heterocycles. The molecular formula is C14H17Br2N3. The van der Waals surface area contributed by atoms with Gasteiger partial charge >= 0.3 is 0 Å². The van der Waals surface area contributed by atoms with E-state index in [1.165, 1.54) is 11.1 Å². The third-order valence-corrected chi connectivity index (χ3v) is 4.49. The maximum Gasteiger partial charge on any atom is 0.0768 e. The molecule has 0 saturated heterocycles. The Morgan fingerprint density at radius 3 is 2.68 bits per heavy atom. The first-order valence-corrected chi connectivity index (χ1v) is 7.81. The van der Waals surface area contributed by atoms with Crippen molar-refractivity contribution in [2.24, 2.45) is 0 Å². The molecule has 3 nitrogen and oxygen atoms in total. The first-order valence-electron chi connectivity index (χ1n) is 6.23. The van der Waals surface area contributed by atoms with E-state index < -0.39 is 0 Å². The van der Waals surface area contributed by atoms with Gasteiger partial charge in [0.25, 0.3) is 0 Å². The highest BCUT2D eigenvalue weighted by Gasteiger charge is 2.22. The molecule has 102 valence electrons. The minimum Gasteiger partial charge on any atom is -0.308 e. The van der Waals surface area contributed by atoms with Crippen molar-refractivity contribution in [2.45, 2.75) is 26.4 Å². The largest absolute Gasteiger partial charge is 0.308 e. The second kappa shape index (κ2) is 6.20. The summed E-state index contributed by atoms with van der Waals surface area (Å²) in [6.07, 6.45) is 1.85. The van der Waals surface area contributed by atoms with Gasteiger partial charge in [0.2, 0.25) is 0 Å². The average molecular weight is 387 g/mol. The van der Waals surface area contributed by atoms with Crippen LogP contribution in [0.5, 0.6) is 0 Å². The van der Waals surface area contributed by atoms with Crippen molar-refractivity contribution < 1.29 is 0 Å². The normalized spacial score (nSPS) is 12.7. The Balaban J connectivity index is 2.56. The van der Waals surface area contributed by atoms with Crippen LogP contribution in [0.1, 0.15) is 29.8 Å². The predicted molar refractivity (Wildman–Crippen MR) is 85.4 cm³/mol. The van der Waals surface area contributed by atoms with Gasteiger partial charge in [-0.2, -0.15) is 5.10 Å². The number of rotatable bonds is 4. The first kappa shape index (κ1) is 14.8. The molecule has 0 aliphatic carbocycles. The van der Waals surface area contributed by atoms with E-state index in [-0.39, 0.29) is 6.04 Å². The Morgan fingerprint density at radius 2 is 2.05 bits per heavy atom. The molecule has 1 aromatic heterocycles. The van der Waals surface area contributed by atoms with Gasteiger partial charge in [0.15, 0.2) is 0 Å². The van der Waals surface area contributed by atoms with Gasteiger partial charge in [0, 0.05) is 11.0 Å². The molecule has 0 saturated carbocycles. The van der Waals surface area contributed by atoms with E-state index in [0.717, 1.165) is 21.2 Å². The molecule has 0 aliphatic rings. The zero-order valence-corrected chi connectivity index (χ0v) is 14.4. The van der Waals surface area contributed by atoms with Crippen LogP contribution < -0.4 is 5.32 Å². The van der Waals surface area contributed by atoms with E-state index in [2.05, 4.69) is 74.3 Å².